The van der Waals surface area contributed by atoms with Crippen LogP contribution in [0.25, 0.3) is 5.69 Å². The van der Waals surface area contributed by atoms with Gasteiger partial charge in [0.15, 0.2) is 0 Å². The first-order valence-electron chi connectivity index (χ1n) is 9.39. The average Bonchev–Trinajstić information content (AvgIpc) is 3.22. The van der Waals surface area contributed by atoms with Gasteiger partial charge in [-0.25, -0.2) is 4.68 Å². The molecule has 1 fully saturated rings. The molecule has 2 heterocycles. The Labute approximate surface area is 155 Å². The van der Waals surface area contributed by atoms with Gasteiger partial charge in [0.1, 0.15) is 0 Å². The number of rotatable bonds is 6. The third-order valence-corrected chi connectivity index (χ3v) is 4.94. The van der Waals surface area contributed by atoms with E-state index >= 15 is 0 Å². The fourth-order valence-corrected chi connectivity index (χ4v) is 3.51. The number of nitrogens with zero attached hydrogens (tertiary/aromatic N) is 3. The Hall–Kier alpha value is -2.18. The summed E-state index contributed by atoms with van der Waals surface area (Å²) in [6, 6.07) is 8.36. The van der Waals surface area contributed by atoms with Gasteiger partial charge in [-0.05, 0) is 37.0 Å². The van der Waals surface area contributed by atoms with Gasteiger partial charge in [0.2, 0.25) is 5.91 Å². The molecule has 1 aliphatic rings. The second-order valence-electron chi connectivity index (χ2n) is 7.37. The van der Waals surface area contributed by atoms with Crippen molar-refractivity contribution in [2.75, 3.05) is 13.1 Å². The van der Waals surface area contributed by atoms with Crippen molar-refractivity contribution in [1.29, 1.82) is 0 Å². The zero-order valence-corrected chi connectivity index (χ0v) is 15.9. The molecule has 1 aromatic carbocycles. The van der Waals surface area contributed by atoms with Crippen LogP contribution < -0.4 is 11.1 Å². The van der Waals surface area contributed by atoms with Crippen LogP contribution in [0, 0.1) is 0 Å². The molecule has 0 unspecified atom stereocenters. The fraction of sp³-hybridized carbons (Fsp3) is 0.500. The first kappa shape index (κ1) is 18.6. The maximum absolute atomic E-state index is 12.3. The minimum absolute atomic E-state index is 0.0428. The van der Waals surface area contributed by atoms with Crippen LogP contribution in [0.4, 0.5) is 0 Å². The first-order chi connectivity index (χ1) is 12.5. The van der Waals surface area contributed by atoms with Crippen molar-refractivity contribution in [3.05, 3.63) is 47.8 Å². The van der Waals surface area contributed by atoms with E-state index in [0.29, 0.717) is 25.4 Å². The first-order valence-corrected chi connectivity index (χ1v) is 9.39. The Balaban J connectivity index is 1.70. The van der Waals surface area contributed by atoms with Crippen molar-refractivity contribution < 1.29 is 4.79 Å². The highest BCUT2D eigenvalue weighted by atomic mass is 16.2. The average molecular weight is 355 g/mol. The predicted molar refractivity (Wildman–Crippen MR) is 103 cm³/mol. The molecule has 1 aliphatic heterocycles. The molecular formula is C20H29N5O. The van der Waals surface area contributed by atoms with Crippen molar-refractivity contribution in [3.8, 4) is 5.69 Å². The smallest absolute Gasteiger partial charge is 0.237 e. The Bertz CT molecular complexity index is 737. The van der Waals surface area contributed by atoms with Crippen LogP contribution in [-0.4, -0.2) is 45.8 Å². The highest BCUT2D eigenvalue weighted by molar-refractivity contribution is 5.82. The van der Waals surface area contributed by atoms with E-state index in [1.165, 1.54) is 5.56 Å². The molecule has 0 radical (unpaired) electrons. The molecule has 3 rings (SSSR count). The van der Waals surface area contributed by atoms with Gasteiger partial charge in [-0.3, -0.25) is 9.69 Å². The van der Waals surface area contributed by atoms with Gasteiger partial charge in [0, 0.05) is 37.4 Å². The largest absolute Gasteiger partial charge is 0.355 e. The number of carbonyl (C=O) groups is 1. The molecule has 2 aromatic rings. The SMILES string of the molecule is CCNC(=O)[C@@H]1C[C@H](N)CN1Cc1cnn(-c2ccc(C(C)C)cc2)c1. The molecule has 26 heavy (non-hydrogen) atoms. The zero-order chi connectivity index (χ0) is 18.7. The van der Waals surface area contributed by atoms with Crippen LogP contribution in [0.2, 0.25) is 0 Å². The minimum Gasteiger partial charge on any atom is -0.355 e. The Morgan fingerprint density at radius 3 is 2.73 bits per heavy atom. The van der Waals surface area contributed by atoms with Gasteiger partial charge >= 0.3 is 0 Å². The van der Waals surface area contributed by atoms with Crippen molar-refractivity contribution >= 4 is 5.91 Å². The van der Waals surface area contributed by atoms with Gasteiger partial charge in [0.25, 0.3) is 0 Å². The Morgan fingerprint density at radius 1 is 1.35 bits per heavy atom. The number of carbonyl (C=O) groups excluding carboxylic acids is 1. The highest BCUT2D eigenvalue weighted by Gasteiger charge is 2.34. The van der Waals surface area contributed by atoms with E-state index in [1.807, 2.05) is 24.0 Å². The van der Waals surface area contributed by atoms with E-state index in [1.54, 1.807) is 0 Å². The number of benzene rings is 1. The zero-order valence-electron chi connectivity index (χ0n) is 15.9. The molecule has 3 N–H and O–H groups in total. The van der Waals surface area contributed by atoms with E-state index in [4.69, 9.17) is 5.73 Å². The number of hydrogen-bond donors (Lipinski definition) is 2. The standard InChI is InChI=1S/C20H29N5O/c1-4-22-20(26)19-9-17(21)13-24(19)11-15-10-23-25(12-15)18-7-5-16(6-8-18)14(2)3/h5-8,10,12,14,17,19H,4,9,11,13,21H2,1-3H3,(H,22,26)/t17-,19-/m0/s1. The number of nitrogens with two attached hydrogens (primary N) is 1. The monoisotopic (exact) mass is 355 g/mol. The minimum atomic E-state index is -0.154. The van der Waals surface area contributed by atoms with E-state index in [-0.39, 0.29) is 18.0 Å². The molecule has 0 aliphatic carbocycles. The summed E-state index contributed by atoms with van der Waals surface area (Å²) in [5.74, 6) is 0.583. The molecule has 0 bridgehead atoms. The summed E-state index contributed by atoms with van der Waals surface area (Å²) in [5, 5.41) is 7.40. The van der Waals surface area contributed by atoms with E-state index in [9.17, 15) is 4.79 Å². The third-order valence-electron chi connectivity index (χ3n) is 4.94. The van der Waals surface area contributed by atoms with E-state index in [0.717, 1.165) is 17.8 Å². The number of nitrogens with one attached hydrogen (secondary N) is 1. The van der Waals surface area contributed by atoms with Crippen molar-refractivity contribution in [2.24, 2.45) is 5.73 Å². The molecule has 0 saturated carbocycles. The molecule has 1 saturated heterocycles. The summed E-state index contributed by atoms with van der Waals surface area (Å²) in [4.78, 5) is 14.4. The summed E-state index contributed by atoms with van der Waals surface area (Å²) in [5.41, 5.74) is 9.54. The van der Waals surface area contributed by atoms with Crippen molar-refractivity contribution in [1.82, 2.24) is 20.0 Å². The highest BCUT2D eigenvalue weighted by Crippen LogP contribution is 2.21. The van der Waals surface area contributed by atoms with Crippen LogP contribution >= 0.6 is 0 Å². The van der Waals surface area contributed by atoms with Gasteiger partial charge in [-0.2, -0.15) is 5.10 Å². The molecule has 140 valence electrons. The third kappa shape index (κ3) is 4.14. The van der Waals surface area contributed by atoms with Crippen LogP contribution in [0.15, 0.2) is 36.7 Å². The Kier molecular flexibility index (Phi) is 5.74. The van der Waals surface area contributed by atoms with Gasteiger partial charge in [-0.15, -0.1) is 0 Å². The molecule has 0 spiro atoms. The Morgan fingerprint density at radius 2 is 2.08 bits per heavy atom. The summed E-state index contributed by atoms with van der Waals surface area (Å²) in [7, 11) is 0. The maximum atomic E-state index is 12.3. The van der Waals surface area contributed by atoms with Crippen LogP contribution in [0.5, 0.6) is 0 Å². The lowest BCUT2D eigenvalue weighted by molar-refractivity contribution is -0.125. The normalized spacial score (nSPS) is 20.7. The van der Waals surface area contributed by atoms with Gasteiger partial charge in [0.05, 0.1) is 17.9 Å². The van der Waals surface area contributed by atoms with Gasteiger partial charge < -0.3 is 11.1 Å². The van der Waals surface area contributed by atoms with E-state index in [2.05, 4.69) is 53.4 Å². The summed E-state index contributed by atoms with van der Waals surface area (Å²) in [6.45, 7) is 8.36. The van der Waals surface area contributed by atoms with E-state index < -0.39 is 0 Å². The lowest BCUT2D eigenvalue weighted by Crippen LogP contribution is -2.42. The van der Waals surface area contributed by atoms with Gasteiger partial charge in [-0.1, -0.05) is 26.0 Å². The van der Waals surface area contributed by atoms with Crippen LogP contribution in [-0.2, 0) is 11.3 Å². The topological polar surface area (TPSA) is 76.2 Å². The second kappa shape index (κ2) is 8.01. The molecule has 6 heteroatoms. The number of likely N-dealkylation sites (N-methyl/N-ethyl adjacent to an activating group) is 1. The van der Waals surface area contributed by atoms with Crippen LogP contribution in [0.1, 0.15) is 44.2 Å². The number of aromatic nitrogens is 2. The number of likely N-dealkylation sites (tertiary alicyclic amines) is 1. The second-order valence-corrected chi connectivity index (χ2v) is 7.37. The summed E-state index contributed by atoms with van der Waals surface area (Å²) < 4.78 is 1.89. The summed E-state index contributed by atoms with van der Waals surface area (Å²) in [6.07, 6.45) is 4.61. The summed E-state index contributed by atoms with van der Waals surface area (Å²) >= 11 is 0. The fourth-order valence-electron chi connectivity index (χ4n) is 3.51. The molecule has 1 amide bonds. The molecule has 1 aromatic heterocycles. The molecule has 6 nitrogen and oxygen atoms in total. The number of amides is 1. The quantitative estimate of drug-likeness (QED) is 0.831. The molecule has 2 atom stereocenters. The molecular weight excluding hydrogens is 326 g/mol. The van der Waals surface area contributed by atoms with Crippen LogP contribution in [0.3, 0.4) is 0 Å². The predicted octanol–water partition coefficient (Wildman–Crippen LogP) is 2.03. The van der Waals surface area contributed by atoms with Crippen molar-refractivity contribution in [2.45, 2.75) is 51.7 Å². The maximum Gasteiger partial charge on any atom is 0.237 e. The van der Waals surface area contributed by atoms with Crippen molar-refractivity contribution in [3.63, 3.8) is 0 Å². The number of hydrogen-bond acceptors (Lipinski definition) is 4. The lowest BCUT2D eigenvalue weighted by atomic mass is 10.0. The lowest BCUT2D eigenvalue weighted by Gasteiger charge is -2.22.